The quantitative estimate of drug-likeness (QED) is 0.702. The van der Waals surface area contributed by atoms with E-state index in [4.69, 9.17) is 0 Å². The first kappa shape index (κ1) is 9.95. The zero-order valence-corrected chi connectivity index (χ0v) is 9.15. The van der Waals surface area contributed by atoms with Gasteiger partial charge in [-0.05, 0) is 12.1 Å². The molecule has 0 fully saturated rings. The van der Waals surface area contributed by atoms with Gasteiger partial charge in [-0.2, -0.15) is 0 Å². The van der Waals surface area contributed by atoms with E-state index in [1.807, 2.05) is 10.6 Å². The van der Waals surface area contributed by atoms with Crippen LogP contribution in [0.25, 0.3) is 0 Å². The number of hydrogen-bond donors (Lipinski definition) is 0. The van der Waals surface area contributed by atoms with Gasteiger partial charge in [0, 0.05) is 24.8 Å². The molecule has 0 N–H and O–H groups in total. The lowest BCUT2D eigenvalue weighted by atomic mass is 10.3. The molecule has 6 nitrogen and oxygen atoms in total. The topological polar surface area (TPSA) is 63.9 Å². The summed E-state index contributed by atoms with van der Waals surface area (Å²) < 4.78 is 2.04. The Kier molecular flexibility index (Phi) is 2.32. The largest absolute Gasteiger partial charge is 0.347 e. The number of fused-ring (bicyclic) bond motifs is 1. The normalized spacial score (nSPS) is 14.5. The standard InChI is InChI=1S/C11H11N5O/c17-7-9-1-2-10(12-5-9)15-3-4-16-8-13-14-11(16)6-15/h1-2,5,7-8H,3-4,6H2. The van der Waals surface area contributed by atoms with Crippen molar-refractivity contribution in [2.45, 2.75) is 13.1 Å². The maximum atomic E-state index is 10.5. The summed E-state index contributed by atoms with van der Waals surface area (Å²) in [4.78, 5) is 16.9. The van der Waals surface area contributed by atoms with Crippen molar-refractivity contribution in [3.05, 3.63) is 36.0 Å². The Morgan fingerprint density at radius 3 is 3.00 bits per heavy atom. The molecule has 0 atom stereocenters. The highest BCUT2D eigenvalue weighted by molar-refractivity contribution is 5.74. The average molecular weight is 229 g/mol. The predicted molar refractivity (Wildman–Crippen MR) is 60.7 cm³/mol. The van der Waals surface area contributed by atoms with Crippen LogP contribution in [0.3, 0.4) is 0 Å². The van der Waals surface area contributed by atoms with Gasteiger partial charge >= 0.3 is 0 Å². The van der Waals surface area contributed by atoms with E-state index >= 15 is 0 Å². The van der Waals surface area contributed by atoms with Crippen LogP contribution in [0.2, 0.25) is 0 Å². The Balaban J connectivity index is 1.84. The Morgan fingerprint density at radius 1 is 1.29 bits per heavy atom. The van der Waals surface area contributed by atoms with Gasteiger partial charge in [-0.25, -0.2) is 4.98 Å². The molecule has 6 heteroatoms. The Bertz CT molecular complexity index is 533. The second-order valence-electron chi connectivity index (χ2n) is 3.93. The molecule has 0 spiro atoms. The van der Waals surface area contributed by atoms with E-state index in [1.54, 1.807) is 18.6 Å². The Morgan fingerprint density at radius 2 is 2.24 bits per heavy atom. The molecular formula is C11H11N5O. The van der Waals surface area contributed by atoms with Crippen molar-refractivity contribution in [2.75, 3.05) is 11.4 Å². The van der Waals surface area contributed by atoms with E-state index in [2.05, 4.69) is 20.1 Å². The van der Waals surface area contributed by atoms with Crippen molar-refractivity contribution in [3.8, 4) is 0 Å². The lowest BCUT2D eigenvalue weighted by Crippen LogP contribution is -2.34. The molecule has 0 unspecified atom stereocenters. The molecule has 0 saturated carbocycles. The van der Waals surface area contributed by atoms with Crippen molar-refractivity contribution < 1.29 is 4.79 Å². The van der Waals surface area contributed by atoms with Crippen LogP contribution in [0.5, 0.6) is 0 Å². The van der Waals surface area contributed by atoms with Crippen molar-refractivity contribution in [3.63, 3.8) is 0 Å². The summed E-state index contributed by atoms with van der Waals surface area (Å²) in [5.41, 5.74) is 0.592. The molecule has 0 amide bonds. The molecule has 86 valence electrons. The van der Waals surface area contributed by atoms with Gasteiger partial charge in [0.2, 0.25) is 0 Å². The summed E-state index contributed by atoms with van der Waals surface area (Å²) in [5.74, 6) is 1.81. The first-order valence-electron chi connectivity index (χ1n) is 5.39. The average Bonchev–Trinajstić information content (AvgIpc) is 2.86. The maximum Gasteiger partial charge on any atom is 0.152 e. The van der Waals surface area contributed by atoms with Crippen LogP contribution in [0.4, 0.5) is 5.82 Å². The van der Waals surface area contributed by atoms with E-state index in [1.165, 1.54) is 0 Å². The number of aldehydes is 1. The smallest absolute Gasteiger partial charge is 0.152 e. The van der Waals surface area contributed by atoms with E-state index in [0.717, 1.165) is 31.0 Å². The molecule has 3 rings (SSSR count). The van der Waals surface area contributed by atoms with Gasteiger partial charge in [-0.3, -0.25) is 4.79 Å². The van der Waals surface area contributed by atoms with Gasteiger partial charge in [-0.1, -0.05) is 0 Å². The van der Waals surface area contributed by atoms with Crippen molar-refractivity contribution in [1.82, 2.24) is 19.7 Å². The fourth-order valence-electron chi connectivity index (χ4n) is 1.92. The van der Waals surface area contributed by atoms with Crippen LogP contribution in [-0.2, 0) is 13.1 Å². The third kappa shape index (κ3) is 1.77. The third-order valence-electron chi connectivity index (χ3n) is 2.87. The molecule has 2 aromatic heterocycles. The van der Waals surface area contributed by atoms with Crippen LogP contribution < -0.4 is 4.90 Å². The number of aromatic nitrogens is 4. The molecule has 0 radical (unpaired) electrons. The molecule has 0 aromatic carbocycles. The molecule has 17 heavy (non-hydrogen) atoms. The molecule has 1 aliphatic heterocycles. The van der Waals surface area contributed by atoms with Crippen LogP contribution in [-0.4, -0.2) is 32.6 Å². The van der Waals surface area contributed by atoms with E-state index in [9.17, 15) is 4.79 Å². The highest BCUT2D eigenvalue weighted by Gasteiger charge is 2.18. The minimum atomic E-state index is 0.592. The first-order chi connectivity index (χ1) is 8.36. The molecule has 1 aliphatic rings. The number of carbonyl (C=O) groups excluding carboxylic acids is 1. The number of rotatable bonds is 2. The fraction of sp³-hybridized carbons (Fsp3) is 0.273. The summed E-state index contributed by atoms with van der Waals surface area (Å²) in [6.45, 7) is 2.44. The molecule has 0 saturated heterocycles. The van der Waals surface area contributed by atoms with Gasteiger partial charge < -0.3 is 9.47 Å². The van der Waals surface area contributed by atoms with Crippen LogP contribution in [0, 0.1) is 0 Å². The molecule has 0 bridgehead atoms. The minimum absolute atomic E-state index is 0.592. The summed E-state index contributed by atoms with van der Waals surface area (Å²) in [6.07, 6.45) is 4.13. The summed E-state index contributed by atoms with van der Waals surface area (Å²) >= 11 is 0. The van der Waals surface area contributed by atoms with E-state index < -0.39 is 0 Å². The van der Waals surface area contributed by atoms with Crippen molar-refractivity contribution >= 4 is 12.1 Å². The summed E-state index contributed by atoms with van der Waals surface area (Å²) in [6, 6.07) is 3.63. The zero-order chi connectivity index (χ0) is 11.7. The van der Waals surface area contributed by atoms with Gasteiger partial charge in [0.15, 0.2) is 12.1 Å². The van der Waals surface area contributed by atoms with Crippen LogP contribution in [0.1, 0.15) is 16.2 Å². The molecular weight excluding hydrogens is 218 g/mol. The van der Waals surface area contributed by atoms with Crippen molar-refractivity contribution in [2.24, 2.45) is 0 Å². The minimum Gasteiger partial charge on any atom is -0.347 e. The fourth-order valence-corrected chi connectivity index (χ4v) is 1.92. The highest BCUT2D eigenvalue weighted by Crippen LogP contribution is 2.17. The number of anilines is 1. The Labute approximate surface area is 97.9 Å². The van der Waals surface area contributed by atoms with Crippen LogP contribution >= 0.6 is 0 Å². The zero-order valence-electron chi connectivity index (χ0n) is 9.15. The maximum absolute atomic E-state index is 10.5. The summed E-state index contributed by atoms with van der Waals surface area (Å²) in [5, 5.41) is 7.93. The monoisotopic (exact) mass is 229 g/mol. The van der Waals surface area contributed by atoms with Gasteiger partial charge in [0.05, 0.1) is 6.54 Å². The number of pyridine rings is 1. The van der Waals surface area contributed by atoms with E-state index in [0.29, 0.717) is 12.1 Å². The first-order valence-corrected chi connectivity index (χ1v) is 5.39. The third-order valence-corrected chi connectivity index (χ3v) is 2.87. The Hall–Kier alpha value is -2.24. The number of nitrogens with zero attached hydrogens (tertiary/aromatic N) is 5. The van der Waals surface area contributed by atoms with Gasteiger partial charge in [0.25, 0.3) is 0 Å². The summed E-state index contributed by atoms with van der Waals surface area (Å²) in [7, 11) is 0. The number of hydrogen-bond acceptors (Lipinski definition) is 5. The number of carbonyl (C=O) groups is 1. The molecule has 2 aromatic rings. The van der Waals surface area contributed by atoms with E-state index in [-0.39, 0.29) is 0 Å². The molecule has 3 heterocycles. The lowest BCUT2D eigenvalue weighted by molar-refractivity contribution is 0.112. The van der Waals surface area contributed by atoms with Crippen LogP contribution in [0.15, 0.2) is 24.7 Å². The second kappa shape index (κ2) is 3.97. The second-order valence-corrected chi connectivity index (χ2v) is 3.93. The highest BCUT2D eigenvalue weighted by atomic mass is 16.1. The van der Waals surface area contributed by atoms with Gasteiger partial charge in [-0.15, -0.1) is 10.2 Å². The van der Waals surface area contributed by atoms with Crippen molar-refractivity contribution in [1.29, 1.82) is 0 Å². The SMILES string of the molecule is O=Cc1ccc(N2CCn3cnnc3C2)nc1. The van der Waals surface area contributed by atoms with Gasteiger partial charge in [0.1, 0.15) is 12.1 Å². The predicted octanol–water partition coefficient (Wildman–Crippen LogP) is 0.506. The molecule has 0 aliphatic carbocycles. The lowest BCUT2D eigenvalue weighted by Gasteiger charge is -2.27.